The lowest BCUT2D eigenvalue weighted by atomic mass is 9.69. The van der Waals surface area contributed by atoms with Crippen molar-refractivity contribution in [2.75, 3.05) is 6.54 Å². The summed E-state index contributed by atoms with van der Waals surface area (Å²) in [6.07, 6.45) is 6.76. The highest BCUT2D eigenvalue weighted by Crippen LogP contribution is 2.70. The standard InChI is InChI=1S/C22H27NO4S/c1-14-11-17-15(5-4-6-18(17)27-14)7-8-20(24)23-13-22-10-9-16(21(22,2)3)12-19(22)28(23,25)26/h4-8,14,16,19H,9-13H2,1-3H3/t14?,16-,19-,22?/m1/s1. The van der Waals surface area contributed by atoms with Gasteiger partial charge in [-0.2, -0.15) is 0 Å². The minimum absolute atomic E-state index is 0.0305. The number of ether oxygens (including phenoxy) is 1. The van der Waals surface area contributed by atoms with E-state index in [2.05, 4.69) is 13.8 Å². The molecule has 6 heteroatoms. The van der Waals surface area contributed by atoms with Crippen molar-refractivity contribution >= 4 is 22.0 Å². The Kier molecular flexibility index (Phi) is 3.66. The zero-order valence-corrected chi connectivity index (χ0v) is 17.5. The minimum Gasteiger partial charge on any atom is -0.490 e. The third-order valence-corrected chi connectivity index (χ3v) is 10.4. The van der Waals surface area contributed by atoms with Crippen LogP contribution in [0.3, 0.4) is 0 Å². The van der Waals surface area contributed by atoms with Gasteiger partial charge < -0.3 is 4.74 Å². The number of benzene rings is 1. The molecule has 2 heterocycles. The third kappa shape index (κ3) is 2.18. The van der Waals surface area contributed by atoms with Crippen LogP contribution in [0.5, 0.6) is 5.75 Å². The summed E-state index contributed by atoms with van der Waals surface area (Å²) in [7, 11) is -3.59. The lowest BCUT2D eigenvalue weighted by Crippen LogP contribution is -2.39. The first-order valence-electron chi connectivity index (χ1n) is 10.2. The third-order valence-electron chi connectivity index (χ3n) is 8.09. The average Bonchev–Trinajstić information content (AvgIpc) is 3.28. The number of fused-ring (bicyclic) bond motifs is 2. The topological polar surface area (TPSA) is 63.7 Å². The molecule has 2 unspecified atom stereocenters. The Morgan fingerprint density at radius 1 is 1.32 bits per heavy atom. The van der Waals surface area contributed by atoms with Crippen molar-refractivity contribution in [3.05, 3.63) is 35.4 Å². The van der Waals surface area contributed by atoms with Crippen LogP contribution < -0.4 is 4.74 Å². The number of carbonyl (C=O) groups excluding carboxylic acids is 1. The first kappa shape index (κ1) is 18.2. The molecule has 1 spiro atoms. The van der Waals surface area contributed by atoms with Crippen molar-refractivity contribution in [2.24, 2.45) is 16.7 Å². The lowest BCUT2D eigenvalue weighted by Gasteiger charge is -2.36. The summed E-state index contributed by atoms with van der Waals surface area (Å²) in [6.45, 7) is 6.74. The Hall–Kier alpha value is -1.82. The number of hydrogen-bond donors (Lipinski definition) is 0. The first-order valence-corrected chi connectivity index (χ1v) is 11.7. The molecule has 2 bridgehead atoms. The summed E-state index contributed by atoms with van der Waals surface area (Å²) in [5.41, 5.74) is 1.69. The molecule has 1 aromatic carbocycles. The molecule has 1 saturated heterocycles. The fourth-order valence-corrected chi connectivity index (χ4v) is 8.92. The second kappa shape index (κ2) is 5.62. The Morgan fingerprint density at radius 2 is 2.11 bits per heavy atom. The molecule has 5 nitrogen and oxygen atoms in total. The molecule has 4 aliphatic rings. The number of hydrogen-bond acceptors (Lipinski definition) is 4. The van der Waals surface area contributed by atoms with Crippen LogP contribution in [0.1, 0.15) is 51.2 Å². The van der Waals surface area contributed by atoms with Gasteiger partial charge in [-0.15, -0.1) is 0 Å². The molecule has 150 valence electrons. The lowest BCUT2D eigenvalue weighted by molar-refractivity contribution is -0.122. The van der Waals surface area contributed by atoms with Crippen LogP contribution in [0.2, 0.25) is 0 Å². The van der Waals surface area contributed by atoms with E-state index < -0.39 is 21.2 Å². The van der Waals surface area contributed by atoms with Crippen LogP contribution in [0, 0.1) is 16.7 Å². The van der Waals surface area contributed by atoms with Crippen LogP contribution in [-0.2, 0) is 21.2 Å². The fourth-order valence-electron chi connectivity index (χ4n) is 6.35. The molecule has 5 rings (SSSR count). The summed E-state index contributed by atoms with van der Waals surface area (Å²) >= 11 is 0. The Labute approximate surface area is 166 Å². The van der Waals surface area contributed by atoms with Gasteiger partial charge in [0, 0.05) is 30.0 Å². The van der Waals surface area contributed by atoms with Gasteiger partial charge in [0.05, 0.1) is 5.25 Å². The van der Waals surface area contributed by atoms with Gasteiger partial charge in [-0.1, -0.05) is 26.0 Å². The quantitative estimate of drug-likeness (QED) is 0.713. The van der Waals surface area contributed by atoms with Gasteiger partial charge in [0.15, 0.2) is 0 Å². The molecule has 28 heavy (non-hydrogen) atoms. The van der Waals surface area contributed by atoms with Crippen molar-refractivity contribution in [3.8, 4) is 5.75 Å². The summed E-state index contributed by atoms with van der Waals surface area (Å²) in [6, 6.07) is 5.78. The van der Waals surface area contributed by atoms with Crippen LogP contribution in [0.15, 0.2) is 24.3 Å². The van der Waals surface area contributed by atoms with Crippen molar-refractivity contribution in [1.82, 2.24) is 4.31 Å². The van der Waals surface area contributed by atoms with Gasteiger partial charge in [-0.3, -0.25) is 4.79 Å². The zero-order valence-electron chi connectivity index (χ0n) is 16.6. The van der Waals surface area contributed by atoms with E-state index in [4.69, 9.17) is 4.74 Å². The number of amides is 1. The molecule has 2 saturated carbocycles. The van der Waals surface area contributed by atoms with Crippen LogP contribution in [0.4, 0.5) is 0 Å². The van der Waals surface area contributed by atoms with Crippen molar-refractivity contribution in [2.45, 2.75) is 57.8 Å². The van der Waals surface area contributed by atoms with Gasteiger partial charge >= 0.3 is 0 Å². The second-order valence-electron chi connectivity index (χ2n) is 9.52. The van der Waals surface area contributed by atoms with E-state index in [0.717, 1.165) is 40.4 Å². The molecule has 1 aromatic rings. The molecule has 4 atom stereocenters. The highest BCUT2D eigenvalue weighted by Gasteiger charge is 2.72. The maximum absolute atomic E-state index is 13.2. The van der Waals surface area contributed by atoms with Crippen LogP contribution in [0.25, 0.3) is 6.08 Å². The van der Waals surface area contributed by atoms with Gasteiger partial charge in [0.25, 0.3) is 5.91 Å². The van der Waals surface area contributed by atoms with Crippen molar-refractivity contribution in [3.63, 3.8) is 0 Å². The van der Waals surface area contributed by atoms with Gasteiger partial charge in [-0.25, -0.2) is 12.7 Å². The van der Waals surface area contributed by atoms with Crippen LogP contribution >= 0.6 is 0 Å². The zero-order chi connectivity index (χ0) is 19.9. The van der Waals surface area contributed by atoms with E-state index >= 15 is 0 Å². The number of nitrogens with zero attached hydrogens (tertiary/aromatic N) is 1. The Balaban J connectivity index is 1.43. The van der Waals surface area contributed by atoms with E-state index in [1.165, 1.54) is 6.08 Å². The molecule has 3 fully saturated rings. The monoisotopic (exact) mass is 401 g/mol. The smallest absolute Gasteiger partial charge is 0.260 e. The van der Waals surface area contributed by atoms with Crippen molar-refractivity contribution < 1.29 is 17.9 Å². The summed E-state index contributed by atoms with van der Waals surface area (Å²) in [5.74, 6) is 0.879. The highest BCUT2D eigenvalue weighted by atomic mass is 32.2. The molecule has 0 radical (unpaired) electrons. The predicted molar refractivity (Wildman–Crippen MR) is 107 cm³/mol. The molecule has 2 aliphatic carbocycles. The van der Waals surface area contributed by atoms with E-state index in [0.29, 0.717) is 18.9 Å². The minimum atomic E-state index is -3.59. The van der Waals surface area contributed by atoms with E-state index in [1.54, 1.807) is 6.08 Å². The summed E-state index contributed by atoms with van der Waals surface area (Å²) in [4.78, 5) is 12.9. The Morgan fingerprint density at radius 3 is 2.82 bits per heavy atom. The molecule has 0 N–H and O–H groups in total. The predicted octanol–water partition coefficient (Wildman–Crippen LogP) is 3.39. The maximum Gasteiger partial charge on any atom is 0.260 e. The molecule has 0 aromatic heterocycles. The average molecular weight is 402 g/mol. The van der Waals surface area contributed by atoms with Gasteiger partial charge in [0.1, 0.15) is 11.9 Å². The van der Waals surface area contributed by atoms with E-state index in [9.17, 15) is 13.2 Å². The maximum atomic E-state index is 13.2. The number of sulfonamides is 1. The fraction of sp³-hybridized carbons (Fsp3) is 0.591. The Bertz CT molecular complexity index is 996. The summed E-state index contributed by atoms with van der Waals surface area (Å²) in [5, 5.41) is -0.402. The SMILES string of the molecule is CC1Cc2c(C=CC(=O)N3CC45CC[C@H](C[C@H]4S3(=O)=O)C5(C)C)cccc2O1. The largest absolute Gasteiger partial charge is 0.490 e. The summed E-state index contributed by atoms with van der Waals surface area (Å²) < 4.78 is 33.3. The molecular weight excluding hydrogens is 374 g/mol. The van der Waals surface area contributed by atoms with Gasteiger partial charge in [0.2, 0.25) is 10.0 Å². The molecule has 2 aliphatic heterocycles. The normalized spacial score (nSPS) is 36.5. The molecular formula is C22H27NO4S. The highest BCUT2D eigenvalue weighted by molar-refractivity contribution is 7.90. The second-order valence-corrected chi connectivity index (χ2v) is 11.6. The van der Waals surface area contributed by atoms with E-state index in [1.807, 2.05) is 25.1 Å². The molecule has 1 amide bonds. The first-order chi connectivity index (χ1) is 13.2. The number of carbonyl (C=O) groups is 1. The van der Waals surface area contributed by atoms with Gasteiger partial charge in [-0.05, 0) is 55.2 Å². The number of rotatable bonds is 2. The van der Waals surface area contributed by atoms with Crippen LogP contribution in [-0.4, -0.2) is 36.5 Å². The van der Waals surface area contributed by atoms with E-state index in [-0.39, 0.29) is 16.9 Å². The van der Waals surface area contributed by atoms with Crippen molar-refractivity contribution in [1.29, 1.82) is 0 Å².